The summed E-state index contributed by atoms with van der Waals surface area (Å²) in [5.41, 5.74) is 0.773. The number of piperidine rings is 1. The third-order valence-corrected chi connectivity index (χ3v) is 3.68. The van der Waals surface area contributed by atoms with Crippen LogP contribution >= 0.6 is 0 Å². The number of aromatic nitrogens is 1. The minimum Gasteiger partial charge on any atom is -0.386 e. The second kappa shape index (κ2) is 7.59. The molecule has 3 rings (SSSR count). The predicted octanol–water partition coefficient (Wildman–Crippen LogP) is 3.61. The average Bonchev–Trinajstić information content (AvgIpc) is 2.54. The number of hydrogen-bond acceptors (Lipinski definition) is 3. The van der Waals surface area contributed by atoms with E-state index in [4.69, 9.17) is 0 Å². The van der Waals surface area contributed by atoms with E-state index in [0.29, 0.717) is 0 Å². The van der Waals surface area contributed by atoms with Gasteiger partial charge in [-0.2, -0.15) is 6.42 Å². The number of nitrogens with zero attached hydrogens (tertiary/aromatic N) is 2. The Labute approximate surface area is 131 Å². The Kier molecular flexibility index (Phi) is 5.84. The quantitative estimate of drug-likeness (QED) is 0.477. The second-order valence-electron chi connectivity index (χ2n) is 5.14. The van der Waals surface area contributed by atoms with E-state index in [1.165, 1.54) is 18.9 Å². The molecular formula is C18H21BkN3O-2. The number of anilines is 2. The molecule has 1 amide bonds. The van der Waals surface area contributed by atoms with Gasteiger partial charge < -0.3 is 24.1 Å². The van der Waals surface area contributed by atoms with Crippen molar-refractivity contribution < 1.29 is 4.79 Å². The van der Waals surface area contributed by atoms with Crippen molar-refractivity contribution in [3.63, 3.8) is 0 Å². The molecule has 0 spiro atoms. The van der Waals surface area contributed by atoms with Crippen molar-refractivity contribution in [2.45, 2.75) is 12.8 Å². The molecule has 23 heavy (non-hydrogen) atoms. The third-order valence-electron chi connectivity index (χ3n) is 3.68. The molecule has 4 nitrogen and oxygen atoms in total. The normalized spacial score (nSPS) is 13.7. The van der Waals surface area contributed by atoms with Crippen LogP contribution < -0.4 is 10.2 Å². The van der Waals surface area contributed by atoms with Gasteiger partial charge in [0, 0.05) is 23.8 Å². The molecule has 0 unspecified atom stereocenters. The van der Waals surface area contributed by atoms with Crippen LogP contribution in [-0.4, -0.2) is 24.0 Å². The number of benzene rings is 1. The first-order valence-electron chi connectivity index (χ1n) is 7.17. The van der Waals surface area contributed by atoms with E-state index in [-0.39, 0.29) is 13.3 Å². The van der Waals surface area contributed by atoms with Crippen molar-refractivity contribution >= 4 is 28.2 Å². The summed E-state index contributed by atoms with van der Waals surface area (Å²) in [4.78, 5) is 18.2. The zero-order chi connectivity index (χ0) is 14.7. The summed E-state index contributed by atoms with van der Waals surface area (Å²) in [5, 5.41) is 4.98. The van der Waals surface area contributed by atoms with Gasteiger partial charge in [0.25, 0.3) is 0 Å². The van der Waals surface area contributed by atoms with E-state index < -0.39 is 0 Å². The molecule has 125 valence electrons. The number of amides is 1. The molecule has 0 atom stereocenters. The zero-order valence-electron chi connectivity index (χ0n) is 13.2. The number of carbonyl (C=O) groups is 1. The Bertz CT molecular complexity index is 681. The Morgan fingerprint density at radius 2 is 2.22 bits per heavy atom. The van der Waals surface area contributed by atoms with Crippen LogP contribution in [0.25, 0.3) is 10.8 Å². The van der Waals surface area contributed by atoms with E-state index in [2.05, 4.69) is 28.2 Å². The summed E-state index contributed by atoms with van der Waals surface area (Å²) in [6, 6.07) is 7.86. The standard InChI is InChI=1S/C17H18N3O.CH3.Bk/c1-2-16(21)19-14-6-7-15-13(12-14)8-9-18-17(15)20-10-4-3-5-11-20;;/h2,4,6-9,12H,1,3,5,10-11H2,(H,19,21);1H3;/q2*-1;. The van der Waals surface area contributed by atoms with E-state index in [0.717, 1.165) is 35.4 Å². The van der Waals surface area contributed by atoms with Gasteiger partial charge in [0.2, 0.25) is 5.91 Å². The smallest absolute Gasteiger partial charge is 0.247 e. The number of hydrogen-bond donors (Lipinski definition) is 1. The van der Waals surface area contributed by atoms with Crippen molar-refractivity contribution in [1.29, 1.82) is 0 Å². The van der Waals surface area contributed by atoms with Crippen molar-refractivity contribution in [2.75, 3.05) is 23.3 Å². The molecule has 1 saturated heterocycles. The summed E-state index contributed by atoms with van der Waals surface area (Å²) in [7, 11) is 0. The molecule has 0 aliphatic carbocycles. The van der Waals surface area contributed by atoms with Crippen LogP contribution in [0.15, 0.2) is 43.1 Å². The zero-order valence-corrected chi connectivity index (χ0v) is 16.0. The van der Waals surface area contributed by atoms with Gasteiger partial charge in [-0.05, 0) is 35.7 Å². The maximum atomic E-state index is 11.4. The van der Waals surface area contributed by atoms with Crippen LogP contribution in [0.4, 0.5) is 11.5 Å². The molecule has 1 radical (unpaired) electrons. The van der Waals surface area contributed by atoms with E-state index in [1.807, 2.05) is 30.5 Å². The number of rotatable bonds is 3. The summed E-state index contributed by atoms with van der Waals surface area (Å²) in [5.74, 6) is 0.819. The topological polar surface area (TPSA) is 45.2 Å². The molecular weight excluding hydrogens is 521 g/mol. The number of nitrogens with one attached hydrogen (secondary N) is 1. The summed E-state index contributed by atoms with van der Waals surface area (Å²) >= 11 is 0. The van der Waals surface area contributed by atoms with Gasteiger partial charge in [-0.15, -0.1) is 6.54 Å². The van der Waals surface area contributed by atoms with Crippen LogP contribution in [-0.2, 0) is 4.79 Å². The predicted molar refractivity (Wildman–Crippen MR) is 92.7 cm³/mol. The minimum atomic E-state index is -0.200. The van der Waals surface area contributed by atoms with Gasteiger partial charge in [0.1, 0.15) is 5.82 Å². The average molecular weight is 542 g/mol. The van der Waals surface area contributed by atoms with Crippen molar-refractivity contribution in [3.05, 3.63) is 57.0 Å². The molecule has 2 aromatic rings. The van der Waals surface area contributed by atoms with Gasteiger partial charge >= 0.3 is 0 Å². The fraction of sp³-hybridized carbons (Fsp3) is 0.222. The second-order valence-corrected chi connectivity index (χ2v) is 5.14. The van der Waals surface area contributed by atoms with E-state index in [9.17, 15) is 4.79 Å². The molecule has 1 aliphatic rings. The van der Waals surface area contributed by atoms with Crippen LogP contribution in [0.2, 0.25) is 0 Å². The first-order valence-corrected chi connectivity index (χ1v) is 7.17. The first kappa shape index (κ1) is 17.7. The SMILES string of the molecule is C=CC(=O)Nc1ccc2c(N3C[CH-]CCC3)nccc2c1.[Bk].[CH3-]. The molecule has 5 heteroatoms. The molecule has 0 saturated carbocycles. The van der Waals surface area contributed by atoms with Crippen LogP contribution in [0.5, 0.6) is 0 Å². The number of carbonyl (C=O) groups excluding carboxylic acids is 1. The molecule has 1 aromatic heterocycles. The van der Waals surface area contributed by atoms with E-state index in [1.54, 1.807) is 0 Å². The maximum Gasteiger partial charge on any atom is 0.247 e. The minimum absolute atomic E-state index is 0. The van der Waals surface area contributed by atoms with Gasteiger partial charge in [-0.25, -0.2) is 4.98 Å². The van der Waals surface area contributed by atoms with Crippen LogP contribution in [0.3, 0.4) is 0 Å². The number of pyridine rings is 1. The third kappa shape index (κ3) is 3.64. The van der Waals surface area contributed by atoms with Crippen molar-refractivity contribution in [2.24, 2.45) is 0 Å². The Balaban J connectivity index is 0.00000132. The van der Waals surface area contributed by atoms with Gasteiger partial charge in [0.15, 0.2) is 0 Å². The van der Waals surface area contributed by atoms with Crippen molar-refractivity contribution in [3.8, 4) is 0 Å². The first-order chi connectivity index (χ1) is 10.3. The largest absolute Gasteiger partial charge is 0.386 e. The Morgan fingerprint density at radius 3 is 2.91 bits per heavy atom. The molecule has 2 heterocycles. The summed E-state index contributed by atoms with van der Waals surface area (Å²) < 4.78 is 0. The molecule has 1 aromatic carbocycles. The van der Waals surface area contributed by atoms with Gasteiger partial charge in [-0.3, -0.25) is 4.79 Å². The fourth-order valence-corrected chi connectivity index (χ4v) is 2.64. The van der Waals surface area contributed by atoms with Crippen LogP contribution in [0.1, 0.15) is 12.8 Å². The summed E-state index contributed by atoms with van der Waals surface area (Å²) in [6.45, 7) is 5.45. The molecule has 1 fully saturated rings. The van der Waals surface area contributed by atoms with Gasteiger partial charge in [0.05, 0.1) is 0 Å². The van der Waals surface area contributed by atoms with E-state index >= 15 is 0 Å². The van der Waals surface area contributed by atoms with Crippen LogP contribution in [0, 0.1) is 13.8 Å². The molecule has 1 N–H and O–H groups in total. The monoisotopic (exact) mass is 542 g/mol. The Hall–Kier alpha value is -3.36. The molecule has 1 aliphatic heterocycles. The van der Waals surface area contributed by atoms with Gasteiger partial charge in [-0.1, -0.05) is 13.0 Å². The molecule has 0 bridgehead atoms. The number of fused-ring (bicyclic) bond motifs is 1. The maximum absolute atomic E-state index is 11.4. The fourth-order valence-electron chi connectivity index (χ4n) is 2.64. The van der Waals surface area contributed by atoms with Crippen molar-refractivity contribution in [1.82, 2.24) is 4.98 Å². The Morgan fingerprint density at radius 1 is 1.39 bits per heavy atom. The summed E-state index contributed by atoms with van der Waals surface area (Å²) in [6.07, 6.45) is 7.74.